The standard InChI is InChI=1S/C16H15Cl2NO3/c1-10-7-11(17)3-5-14(10)22-9-16(20)19-13-8-12(18)4-6-15(13)21-2/h3-8H,9H2,1-2H3,(H,19,20). The predicted molar refractivity (Wildman–Crippen MR) is 88.3 cm³/mol. The summed E-state index contributed by atoms with van der Waals surface area (Å²) in [5.74, 6) is 0.827. The van der Waals surface area contributed by atoms with Crippen LogP contribution in [0.3, 0.4) is 0 Å². The molecule has 2 rings (SSSR count). The minimum Gasteiger partial charge on any atom is -0.495 e. The molecule has 0 radical (unpaired) electrons. The summed E-state index contributed by atoms with van der Waals surface area (Å²) in [5, 5.41) is 3.83. The number of ether oxygens (including phenoxy) is 2. The molecule has 1 N–H and O–H groups in total. The Bertz CT molecular complexity index is 689. The Morgan fingerprint density at radius 3 is 2.36 bits per heavy atom. The van der Waals surface area contributed by atoms with Crippen molar-refractivity contribution < 1.29 is 14.3 Å². The molecule has 2 aromatic carbocycles. The quantitative estimate of drug-likeness (QED) is 0.881. The summed E-state index contributed by atoms with van der Waals surface area (Å²) >= 11 is 11.8. The van der Waals surface area contributed by atoms with Gasteiger partial charge in [0.2, 0.25) is 0 Å². The van der Waals surface area contributed by atoms with E-state index in [0.717, 1.165) is 5.56 Å². The number of nitrogens with one attached hydrogen (secondary N) is 1. The van der Waals surface area contributed by atoms with Gasteiger partial charge in [0.1, 0.15) is 11.5 Å². The maximum atomic E-state index is 12.0. The van der Waals surface area contributed by atoms with E-state index in [2.05, 4.69) is 5.32 Å². The van der Waals surface area contributed by atoms with Crippen molar-refractivity contribution >= 4 is 34.8 Å². The highest BCUT2D eigenvalue weighted by Crippen LogP contribution is 2.27. The molecule has 0 fully saturated rings. The number of halogens is 2. The lowest BCUT2D eigenvalue weighted by atomic mass is 10.2. The van der Waals surface area contributed by atoms with Gasteiger partial charge >= 0.3 is 0 Å². The number of methoxy groups -OCH3 is 1. The van der Waals surface area contributed by atoms with Crippen molar-refractivity contribution in [3.05, 3.63) is 52.0 Å². The first-order valence-electron chi connectivity index (χ1n) is 6.52. The predicted octanol–water partition coefficient (Wildman–Crippen LogP) is 4.33. The van der Waals surface area contributed by atoms with Gasteiger partial charge in [-0.1, -0.05) is 23.2 Å². The number of carbonyl (C=O) groups is 1. The minimum atomic E-state index is -0.310. The molecule has 0 spiro atoms. The maximum absolute atomic E-state index is 12.0. The Balaban J connectivity index is 2.00. The zero-order valence-electron chi connectivity index (χ0n) is 12.2. The minimum absolute atomic E-state index is 0.127. The lowest BCUT2D eigenvalue weighted by molar-refractivity contribution is -0.118. The van der Waals surface area contributed by atoms with E-state index in [1.165, 1.54) is 7.11 Å². The number of amides is 1. The average Bonchev–Trinajstić information content (AvgIpc) is 2.46. The van der Waals surface area contributed by atoms with E-state index in [-0.39, 0.29) is 12.5 Å². The van der Waals surface area contributed by atoms with Gasteiger partial charge in [-0.2, -0.15) is 0 Å². The van der Waals surface area contributed by atoms with Gasteiger partial charge in [-0.15, -0.1) is 0 Å². The van der Waals surface area contributed by atoms with Gasteiger partial charge in [0, 0.05) is 10.0 Å². The van der Waals surface area contributed by atoms with E-state index in [4.69, 9.17) is 32.7 Å². The molecule has 0 aliphatic rings. The first-order valence-corrected chi connectivity index (χ1v) is 7.27. The highest BCUT2D eigenvalue weighted by Gasteiger charge is 2.10. The van der Waals surface area contributed by atoms with Crippen LogP contribution in [0.5, 0.6) is 11.5 Å². The summed E-state index contributed by atoms with van der Waals surface area (Å²) in [5.41, 5.74) is 1.36. The van der Waals surface area contributed by atoms with Crippen molar-refractivity contribution in [3.63, 3.8) is 0 Å². The molecule has 0 atom stereocenters. The summed E-state index contributed by atoms with van der Waals surface area (Å²) < 4.78 is 10.7. The highest BCUT2D eigenvalue weighted by molar-refractivity contribution is 6.31. The summed E-state index contributed by atoms with van der Waals surface area (Å²) in [6, 6.07) is 10.2. The van der Waals surface area contributed by atoms with E-state index < -0.39 is 0 Å². The number of aryl methyl sites for hydroxylation is 1. The lowest BCUT2D eigenvalue weighted by Gasteiger charge is -2.12. The smallest absolute Gasteiger partial charge is 0.262 e. The number of hydrogen-bond donors (Lipinski definition) is 1. The Kier molecular flexibility index (Phi) is 5.52. The van der Waals surface area contributed by atoms with Gasteiger partial charge in [-0.25, -0.2) is 0 Å². The van der Waals surface area contributed by atoms with Crippen molar-refractivity contribution in [2.75, 3.05) is 19.0 Å². The zero-order chi connectivity index (χ0) is 16.1. The second kappa shape index (κ2) is 7.38. The molecule has 116 valence electrons. The Hall–Kier alpha value is -1.91. The van der Waals surface area contributed by atoms with Crippen LogP contribution < -0.4 is 14.8 Å². The fourth-order valence-corrected chi connectivity index (χ4v) is 2.28. The molecule has 0 unspecified atom stereocenters. The first kappa shape index (κ1) is 16.5. The number of anilines is 1. The monoisotopic (exact) mass is 339 g/mol. The third-order valence-corrected chi connectivity index (χ3v) is 3.40. The SMILES string of the molecule is COc1ccc(Cl)cc1NC(=O)COc1ccc(Cl)cc1C. The van der Waals surface area contributed by atoms with Crippen LogP contribution in [-0.2, 0) is 4.79 Å². The summed E-state index contributed by atoms with van der Waals surface area (Å²) in [6.07, 6.45) is 0. The second-order valence-electron chi connectivity index (χ2n) is 4.59. The molecule has 22 heavy (non-hydrogen) atoms. The topological polar surface area (TPSA) is 47.6 Å². The first-order chi connectivity index (χ1) is 10.5. The Morgan fingerprint density at radius 2 is 1.73 bits per heavy atom. The molecule has 0 aromatic heterocycles. The van der Waals surface area contributed by atoms with Crippen LogP contribution in [0.4, 0.5) is 5.69 Å². The van der Waals surface area contributed by atoms with Crippen molar-refractivity contribution in [2.45, 2.75) is 6.92 Å². The average molecular weight is 340 g/mol. The summed E-state index contributed by atoms with van der Waals surface area (Å²) in [6.45, 7) is 1.73. The van der Waals surface area contributed by atoms with Crippen LogP contribution in [0, 0.1) is 6.92 Å². The molecule has 0 saturated carbocycles. The molecular weight excluding hydrogens is 325 g/mol. The molecule has 6 heteroatoms. The van der Waals surface area contributed by atoms with Gasteiger partial charge in [0.15, 0.2) is 6.61 Å². The van der Waals surface area contributed by atoms with E-state index in [9.17, 15) is 4.79 Å². The zero-order valence-corrected chi connectivity index (χ0v) is 13.7. The van der Waals surface area contributed by atoms with Gasteiger partial charge in [-0.3, -0.25) is 4.79 Å². The van der Waals surface area contributed by atoms with Crippen molar-refractivity contribution in [2.24, 2.45) is 0 Å². The van der Waals surface area contributed by atoms with Crippen LogP contribution in [-0.4, -0.2) is 19.6 Å². The van der Waals surface area contributed by atoms with Crippen molar-refractivity contribution in [3.8, 4) is 11.5 Å². The largest absolute Gasteiger partial charge is 0.495 e. The van der Waals surface area contributed by atoms with Gasteiger partial charge in [-0.05, 0) is 48.9 Å². The van der Waals surface area contributed by atoms with Crippen LogP contribution in [0.2, 0.25) is 10.0 Å². The van der Waals surface area contributed by atoms with Gasteiger partial charge in [0.25, 0.3) is 5.91 Å². The van der Waals surface area contributed by atoms with E-state index in [1.807, 2.05) is 6.92 Å². The molecule has 1 amide bonds. The maximum Gasteiger partial charge on any atom is 0.262 e. The van der Waals surface area contributed by atoms with Crippen LogP contribution in [0.1, 0.15) is 5.56 Å². The fraction of sp³-hybridized carbons (Fsp3) is 0.188. The molecule has 0 heterocycles. The molecule has 0 aliphatic carbocycles. The molecular formula is C16H15Cl2NO3. The van der Waals surface area contributed by atoms with Gasteiger partial charge in [0.05, 0.1) is 12.8 Å². The van der Waals surface area contributed by atoms with E-state index in [0.29, 0.717) is 27.2 Å². The lowest BCUT2D eigenvalue weighted by Crippen LogP contribution is -2.20. The molecule has 0 saturated heterocycles. The molecule has 0 aliphatic heterocycles. The fourth-order valence-electron chi connectivity index (χ4n) is 1.88. The van der Waals surface area contributed by atoms with E-state index in [1.54, 1.807) is 36.4 Å². The van der Waals surface area contributed by atoms with E-state index >= 15 is 0 Å². The Labute approximate surface area is 138 Å². The van der Waals surface area contributed by atoms with Gasteiger partial charge < -0.3 is 14.8 Å². The van der Waals surface area contributed by atoms with Crippen molar-refractivity contribution in [1.29, 1.82) is 0 Å². The summed E-state index contributed by atoms with van der Waals surface area (Å²) in [4.78, 5) is 12.0. The number of carbonyl (C=O) groups excluding carboxylic acids is 1. The second-order valence-corrected chi connectivity index (χ2v) is 5.46. The Morgan fingerprint density at radius 1 is 1.09 bits per heavy atom. The van der Waals surface area contributed by atoms with Crippen LogP contribution in [0.25, 0.3) is 0 Å². The molecule has 2 aromatic rings. The van der Waals surface area contributed by atoms with Crippen LogP contribution in [0.15, 0.2) is 36.4 Å². The van der Waals surface area contributed by atoms with Crippen molar-refractivity contribution in [1.82, 2.24) is 0 Å². The number of hydrogen-bond acceptors (Lipinski definition) is 3. The normalized spacial score (nSPS) is 10.2. The number of rotatable bonds is 5. The molecule has 4 nitrogen and oxygen atoms in total. The third-order valence-electron chi connectivity index (χ3n) is 2.93. The van der Waals surface area contributed by atoms with Crippen LogP contribution >= 0.6 is 23.2 Å². The molecule has 0 bridgehead atoms. The number of benzene rings is 2. The third kappa shape index (κ3) is 4.29. The highest BCUT2D eigenvalue weighted by atomic mass is 35.5. The summed E-state index contributed by atoms with van der Waals surface area (Å²) in [7, 11) is 1.52.